The topological polar surface area (TPSA) is 6.48 Å². The van der Waals surface area contributed by atoms with Gasteiger partial charge in [-0.15, -0.1) is 0 Å². The number of hydrogen-bond donors (Lipinski definition) is 0. The molecule has 0 bridgehead atoms. The molecule has 1 fully saturated rings. The fraction of sp³-hybridized carbons (Fsp3) is 0.571. The minimum atomic E-state index is 0.644. The van der Waals surface area contributed by atoms with Crippen LogP contribution in [0.2, 0.25) is 0 Å². The Bertz CT molecular complexity index is 368. The van der Waals surface area contributed by atoms with Crippen LogP contribution in [0.15, 0.2) is 28.7 Å². The first-order valence-electron chi connectivity index (χ1n) is 6.25. The van der Waals surface area contributed by atoms with E-state index in [0.717, 1.165) is 19.6 Å². The Kier molecular flexibility index (Phi) is 4.23. The van der Waals surface area contributed by atoms with E-state index in [1.165, 1.54) is 10.0 Å². The molecule has 0 aromatic heterocycles. The highest BCUT2D eigenvalue weighted by molar-refractivity contribution is 9.10. The smallest absolute Gasteiger partial charge is 0.0235 e. The first kappa shape index (κ1) is 13.1. The van der Waals surface area contributed by atoms with Gasteiger partial charge in [0, 0.05) is 36.2 Å². The number of nitrogens with zero attached hydrogens (tertiary/aromatic N) is 2. The Labute approximate surface area is 113 Å². The van der Waals surface area contributed by atoms with Crippen molar-refractivity contribution in [3.63, 3.8) is 0 Å². The van der Waals surface area contributed by atoms with Gasteiger partial charge in [-0.05, 0) is 38.6 Å². The van der Waals surface area contributed by atoms with E-state index in [2.05, 4.69) is 70.9 Å². The van der Waals surface area contributed by atoms with Crippen molar-refractivity contribution >= 4 is 15.9 Å². The van der Waals surface area contributed by atoms with Crippen molar-refractivity contribution in [2.24, 2.45) is 0 Å². The quantitative estimate of drug-likeness (QED) is 0.828. The van der Waals surface area contributed by atoms with Crippen molar-refractivity contribution in [3.8, 4) is 0 Å². The summed E-state index contributed by atoms with van der Waals surface area (Å²) in [6.45, 7) is 8.00. The van der Waals surface area contributed by atoms with E-state index < -0.39 is 0 Å². The minimum Gasteiger partial charge on any atom is -0.298 e. The summed E-state index contributed by atoms with van der Waals surface area (Å²) in [4.78, 5) is 5.02. The summed E-state index contributed by atoms with van der Waals surface area (Å²) in [6.07, 6.45) is 0. The van der Waals surface area contributed by atoms with Crippen molar-refractivity contribution in [3.05, 3.63) is 34.3 Å². The van der Waals surface area contributed by atoms with Gasteiger partial charge in [0.25, 0.3) is 0 Å². The molecule has 1 heterocycles. The summed E-state index contributed by atoms with van der Waals surface area (Å²) in [7, 11) is 2.23. The van der Waals surface area contributed by atoms with E-state index in [0.29, 0.717) is 12.1 Å². The average Bonchev–Trinajstić information content (AvgIpc) is 2.26. The van der Waals surface area contributed by atoms with Crippen LogP contribution in [0.1, 0.15) is 19.4 Å². The van der Waals surface area contributed by atoms with Crippen LogP contribution in [0.5, 0.6) is 0 Å². The van der Waals surface area contributed by atoms with Gasteiger partial charge in [-0.2, -0.15) is 0 Å². The van der Waals surface area contributed by atoms with Crippen LogP contribution in [-0.4, -0.2) is 42.0 Å². The third-order valence-corrected chi connectivity index (χ3v) is 4.22. The summed E-state index contributed by atoms with van der Waals surface area (Å²) in [5, 5.41) is 0. The molecule has 0 radical (unpaired) electrons. The summed E-state index contributed by atoms with van der Waals surface area (Å²) >= 11 is 3.53. The molecule has 0 N–H and O–H groups in total. The van der Waals surface area contributed by atoms with Gasteiger partial charge in [-0.1, -0.05) is 28.1 Å². The van der Waals surface area contributed by atoms with Gasteiger partial charge in [0.15, 0.2) is 0 Å². The Morgan fingerprint density at radius 3 is 2.47 bits per heavy atom. The van der Waals surface area contributed by atoms with Gasteiger partial charge >= 0.3 is 0 Å². The van der Waals surface area contributed by atoms with E-state index in [4.69, 9.17) is 0 Å². The van der Waals surface area contributed by atoms with E-state index in [1.54, 1.807) is 0 Å². The highest BCUT2D eigenvalue weighted by Crippen LogP contribution is 2.18. The van der Waals surface area contributed by atoms with Gasteiger partial charge in [0.05, 0.1) is 0 Å². The zero-order valence-electron chi connectivity index (χ0n) is 10.9. The van der Waals surface area contributed by atoms with Crippen LogP contribution >= 0.6 is 15.9 Å². The number of likely N-dealkylation sites (N-methyl/N-ethyl adjacent to an activating group) is 1. The lowest BCUT2D eigenvalue weighted by molar-refractivity contribution is 0.0556. The van der Waals surface area contributed by atoms with Gasteiger partial charge < -0.3 is 0 Å². The van der Waals surface area contributed by atoms with Crippen LogP contribution in [0.25, 0.3) is 0 Å². The summed E-state index contributed by atoms with van der Waals surface area (Å²) in [5.74, 6) is 0. The maximum Gasteiger partial charge on any atom is 0.0235 e. The van der Waals surface area contributed by atoms with Gasteiger partial charge in [0.1, 0.15) is 0 Å². The van der Waals surface area contributed by atoms with Crippen molar-refractivity contribution in [1.82, 2.24) is 9.80 Å². The standard InChI is InChI=1S/C14H21BrN2/c1-11-8-17(9-12(2)16(11)3)10-13-5-4-6-14(15)7-13/h4-7,11-12H,8-10H2,1-3H3. The summed E-state index contributed by atoms with van der Waals surface area (Å²) < 4.78 is 1.17. The molecule has 1 aliphatic rings. The normalized spacial score (nSPS) is 27.3. The lowest BCUT2D eigenvalue weighted by Crippen LogP contribution is -2.54. The van der Waals surface area contributed by atoms with Crippen LogP contribution in [-0.2, 0) is 6.54 Å². The maximum atomic E-state index is 3.53. The first-order chi connectivity index (χ1) is 8.06. The molecule has 0 saturated carbocycles. The average molecular weight is 297 g/mol. The number of hydrogen-bond acceptors (Lipinski definition) is 2. The molecule has 2 rings (SSSR count). The monoisotopic (exact) mass is 296 g/mol. The van der Waals surface area contributed by atoms with Crippen LogP contribution < -0.4 is 0 Å². The molecule has 0 aliphatic carbocycles. The van der Waals surface area contributed by atoms with Crippen LogP contribution in [0.4, 0.5) is 0 Å². The molecule has 2 unspecified atom stereocenters. The number of rotatable bonds is 2. The molecule has 0 spiro atoms. The largest absolute Gasteiger partial charge is 0.298 e. The molecule has 2 nitrogen and oxygen atoms in total. The maximum absolute atomic E-state index is 3.53. The third-order valence-electron chi connectivity index (χ3n) is 3.73. The van der Waals surface area contributed by atoms with Gasteiger partial charge in [0.2, 0.25) is 0 Å². The Morgan fingerprint density at radius 1 is 1.24 bits per heavy atom. The Balaban J connectivity index is 2.00. The first-order valence-corrected chi connectivity index (χ1v) is 7.04. The molecule has 1 aliphatic heterocycles. The zero-order chi connectivity index (χ0) is 12.4. The Hall–Kier alpha value is -0.380. The number of benzene rings is 1. The number of piperazine rings is 1. The lowest BCUT2D eigenvalue weighted by atomic mass is 10.1. The van der Waals surface area contributed by atoms with Crippen molar-refractivity contribution < 1.29 is 0 Å². The molecule has 1 saturated heterocycles. The van der Waals surface area contributed by atoms with E-state index in [-0.39, 0.29) is 0 Å². The summed E-state index contributed by atoms with van der Waals surface area (Å²) in [6, 6.07) is 9.91. The highest BCUT2D eigenvalue weighted by atomic mass is 79.9. The van der Waals surface area contributed by atoms with Gasteiger partial charge in [-0.25, -0.2) is 0 Å². The zero-order valence-corrected chi connectivity index (χ0v) is 12.4. The molecule has 1 aromatic carbocycles. The van der Waals surface area contributed by atoms with Crippen LogP contribution in [0, 0.1) is 0 Å². The molecule has 1 aromatic rings. The molecule has 0 amide bonds. The van der Waals surface area contributed by atoms with Crippen molar-refractivity contribution in [2.75, 3.05) is 20.1 Å². The second kappa shape index (κ2) is 5.51. The van der Waals surface area contributed by atoms with E-state index in [1.807, 2.05) is 0 Å². The fourth-order valence-electron chi connectivity index (χ4n) is 2.54. The molecular weight excluding hydrogens is 276 g/mol. The van der Waals surface area contributed by atoms with Gasteiger partial charge in [-0.3, -0.25) is 9.80 Å². The second-order valence-corrected chi connectivity index (χ2v) is 6.10. The SMILES string of the molecule is CC1CN(Cc2cccc(Br)c2)CC(C)N1C. The second-order valence-electron chi connectivity index (χ2n) is 5.19. The molecule has 2 atom stereocenters. The van der Waals surface area contributed by atoms with Crippen LogP contribution in [0.3, 0.4) is 0 Å². The van der Waals surface area contributed by atoms with Crippen molar-refractivity contribution in [1.29, 1.82) is 0 Å². The summed E-state index contributed by atoms with van der Waals surface area (Å²) in [5.41, 5.74) is 1.39. The molecule has 94 valence electrons. The predicted octanol–water partition coefficient (Wildman–Crippen LogP) is 2.97. The Morgan fingerprint density at radius 2 is 1.88 bits per heavy atom. The van der Waals surface area contributed by atoms with Crippen molar-refractivity contribution in [2.45, 2.75) is 32.5 Å². The highest BCUT2D eigenvalue weighted by Gasteiger charge is 2.26. The van der Waals surface area contributed by atoms with E-state index >= 15 is 0 Å². The predicted molar refractivity (Wildman–Crippen MR) is 76.1 cm³/mol. The fourth-order valence-corrected chi connectivity index (χ4v) is 2.98. The number of halogens is 1. The van der Waals surface area contributed by atoms with E-state index in [9.17, 15) is 0 Å². The minimum absolute atomic E-state index is 0.644. The molecule has 17 heavy (non-hydrogen) atoms. The molecular formula is C14H21BrN2. The molecule has 3 heteroatoms. The third kappa shape index (κ3) is 3.30. The lowest BCUT2D eigenvalue weighted by Gasteiger charge is -2.42.